The molecule has 5 heteroatoms. The molecular formula is C13H21NO4. The molecule has 1 N–H and O–H groups in total. The van der Waals surface area contributed by atoms with E-state index in [0.717, 1.165) is 5.57 Å². The van der Waals surface area contributed by atoms with Gasteiger partial charge in [-0.2, -0.15) is 0 Å². The summed E-state index contributed by atoms with van der Waals surface area (Å²) in [6.07, 6.45) is 1.53. The normalized spacial score (nSPS) is 21.9. The molecule has 1 heterocycles. The van der Waals surface area contributed by atoms with Crippen molar-refractivity contribution >= 4 is 11.9 Å². The van der Waals surface area contributed by atoms with E-state index in [2.05, 4.69) is 0 Å². The summed E-state index contributed by atoms with van der Waals surface area (Å²) in [7, 11) is 0. The lowest BCUT2D eigenvalue weighted by Gasteiger charge is -2.32. The smallest absolute Gasteiger partial charge is 0.328 e. The van der Waals surface area contributed by atoms with Gasteiger partial charge in [0.1, 0.15) is 0 Å². The number of allylic oxidation sites excluding steroid dienone is 1. The van der Waals surface area contributed by atoms with Crippen LogP contribution in [0.25, 0.3) is 0 Å². The molecule has 0 unspecified atom stereocenters. The average molecular weight is 255 g/mol. The lowest BCUT2D eigenvalue weighted by molar-refractivity contribution is -0.156. The maximum absolute atomic E-state index is 12.1. The largest absolute Gasteiger partial charge is 0.480 e. The van der Waals surface area contributed by atoms with Gasteiger partial charge in [-0.3, -0.25) is 4.79 Å². The molecule has 0 aliphatic carbocycles. The molecule has 0 bridgehead atoms. The summed E-state index contributed by atoms with van der Waals surface area (Å²) in [5, 5.41) is 9.06. The van der Waals surface area contributed by atoms with Crippen LogP contribution in [0, 0.1) is 5.41 Å². The Balaban J connectivity index is 2.85. The highest BCUT2D eigenvalue weighted by Gasteiger charge is 2.32. The fourth-order valence-corrected chi connectivity index (χ4v) is 1.56. The number of carbonyl (C=O) groups excluding carboxylic acids is 1. The van der Waals surface area contributed by atoms with Crippen molar-refractivity contribution in [1.29, 1.82) is 0 Å². The summed E-state index contributed by atoms with van der Waals surface area (Å²) in [5.74, 6) is -1.28. The van der Waals surface area contributed by atoms with Crippen LogP contribution in [0.15, 0.2) is 11.6 Å². The number of nitrogens with zero attached hydrogens (tertiary/aromatic N) is 1. The van der Waals surface area contributed by atoms with Gasteiger partial charge in [0.05, 0.1) is 13.2 Å². The third kappa shape index (κ3) is 3.57. The third-order valence-electron chi connectivity index (χ3n) is 3.22. The first-order valence-corrected chi connectivity index (χ1v) is 6.03. The lowest BCUT2D eigenvalue weighted by atomic mass is 9.87. The molecule has 1 rings (SSSR count). The molecule has 18 heavy (non-hydrogen) atoms. The Hall–Kier alpha value is -1.36. The molecule has 1 saturated heterocycles. The SMILES string of the molecule is C/C(=C/C(=O)N1CCOC[C@H]1C(=O)O)C(C)(C)C. The van der Waals surface area contributed by atoms with E-state index in [9.17, 15) is 9.59 Å². The number of hydrogen-bond acceptors (Lipinski definition) is 3. The van der Waals surface area contributed by atoms with Crippen LogP contribution in [-0.4, -0.2) is 47.7 Å². The maximum atomic E-state index is 12.1. The van der Waals surface area contributed by atoms with Crippen LogP contribution in [0.3, 0.4) is 0 Å². The summed E-state index contributed by atoms with van der Waals surface area (Å²) < 4.78 is 5.10. The van der Waals surface area contributed by atoms with Crippen molar-refractivity contribution in [2.45, 2.75) is 33.7 Å². The summed E-state index contributed by atoms with van der Waals surface area (Å²) >= 11 is 0. The summed E-state index contributed by atoms with van der Waals surface area (Å²) in [4.78, 5) is 24.5. The minimum Gasteiger partial charge on any atom is -0.480 e. The zero-order valence-corrected chi connectivity index (χ0v) is 11.4. The van der Waals surface area contributed by atoms with Gasteiger partial charge in [-0.1, -0.05) is 26.3 Å². The lowest BCUT2D eigenvalue weighted by Crippen LogP contribution is -2.52. The van der Waals surface area contributed by atoms with Crippen LogP contribution in [0.5, 0.6) is 0 Å². The second kappa shape index (κ2) is 5.52. The van der Waals surface area contributed by atoms with Crippen LogP contribution in [0.1, 0.15) is 27.7 Å². The van der Waals surface area contributed by atoms with Gasteiger partial charge in [-0.15, -0.1) is 0 Å². The minimum absolute atomic E-state index is 0.0590. The Morgan fingerprint density at radius 2 is 2.00 bits per heavy atom. The van der Waals surface area contributed by atoms with E-state index in [-0.39, 0.29) is 17.9 Å². The Bertz CT molecular complexity index is 368. The molecule has 0 radical (unpaired) electrons. The Kier molecular flexibility index (Phi) is 4.51. The maximum Gasteiger partial charge on any atom is 0.328 e. The second-order valence-corrected chi connectivity index (χ2v) is 5.54. The predicted octanol–water partition coefficient (Wildman–Crippen LogP) is 1.29. The van der Waals surface area contributed by atoms with Gasteiger partial charge in [0.25, 0.3) is 0 Å². The van der Waals surface area contributed by atoms with Crippen molar-refractivity contribution in [3.8, 4) is 0 Å². The van der Waals surface area contributed by atoms with Crippen LogP contribution < -0.4 is 0 Å². The highest BCUT2D eigenvalue weighted by molar-refractivity contribution is 5.92. The van der Waals surface area contributed by atoms with Crippen LogP contribution in [0.2, 0.25) is 0 Å². The van der Waals surface area contributed by atoms with Gasteiger partial charge in [0.15, 0.2) is 6.04 Å². The summed E-state index contributed by atoms with van der Waals surface area (Å²) in [6, 6.07) is -0.879. The molecule has 1 fully saturated rings. The number of morpholine rings is 1. The number of aliphatic carboxylic acids is 1. The van der Waals surface area contributed by atoms with Crippen molar-refractivity contribution in [2.24, 2.45) is 5.41 Å². The first-order valence-electron chi connectivity index (χ1n) is 6.03. The van der Waals surface area contributed by atoms with Crippen LogP contribution in [-0.2, 0) is 14.3 Å². The zero-order valence-electron chi connectivity index (χ0n) is 11.4. The van der Waals surface area contributed by atoms with Crippen molar-refractivity contribution in [2.75, 3.05) is 19.8 Å². The van der Waals surface area contributed by atoms with Crippen LogP contribution in [0.4, 0.5) is 0 Å². The Labute approximate surface area is 107 Å². The quantitative estimate of drug-likeness (QED) is 0.755. The van der Waals surface area contributed by atoms with E-state index < -0.39 is 12.0 Å². The zero-order chi connectivity index (χ0) is 13.9. The van der Waals surface area contributed by atoms with E-state index in [1.807, 2.05) is 27.7 Å². The van der Waals surface area contributed by atoms with Crippen molar-refractivity contribution in [3.05, 3.63) is 11.6 Å². The van der Waals surface area contributed by atoms with Gasteiger partial charge < -0.3 is 14.7 Å². The van der Waals surface area contributed by atoms with Crippen LogP contribution >= 0.6 is 0 Å². The molecule has 0 aromatic rings. The Morgan fingerprint density at radius 1 is 1.39 bits per heavy atom. The van der Waals surface area contributed by atoms with Gasteiger partial charge in [0, 0.05) is 12.6 Å². The topological polar surface area (TPSA) is 66.8 Å². The number of rotatable bonds is 2. The molecule has 0 aromatic carbocycles. The Morgan fingerprint density at radius 3 is 2.50 bits per heavy atom. The first kappa shape index (κ1) is 14.7. The first-order chi connectivity index (χ1) is 8.23. The molecule has 1 amide bonds. The average Bonchev–Trinajstić information content (AvgIpc) is 2.27. The standard InChI is InChI=1S/C13H21NO4/c1-9(13(2,3)4)7-11(15)14-5-6-18-8-10(14)12(16)17/h7,10H,5-6,8H2,1-4H3,(H,16,17)/b9-7-/t10-/m0/s1. The number of hydrogen-bond donors (Lipinski definition) is 1. The van der Waals surface area contributed by atoms with E-state index in [4.69, 9.17) is 9.84 Å². The van der Waals surface area contributed by atoms with Gasteiger partial charge in [0.2, 0.25) is 5.91 Å². The molecule has 102 valence electrons. The predicted molar refractivity (Wildman–Crippen MR) is 67.2 cm³/mol. The number of ether oxygens (including phenoxy) is 1. The number of carboxylic acids is 1. The molecule has 0 spiro atoms. The van der Waals surface area contributed by atoms with Gasteiger partial charge >= 0.3 is 5.97 Å². The fraction of sp³-hybridized carbons (Fsp3) is 0.692. The third-order valence-corrected chi connectivity index (χ3v) is 3.22. The van der Waals surface area contributed by atoms with E-state index >= 15 is 0 Å². The number of carbonyl (C=O) groups is 2. The van der Waals surface area contributed by atoms with Gasteiger partial charge in [-0.05, 0) is 12.3 Å². The minimum atomic E-state index is -1.02. The summed E-state index contributed by atoms with van der Waals surface area (Å²) in [5.41, 5.74) is 0.837. The highest BCUT2D eigenvalue weighted by Crippen LogP contribution is 2.24. The molecular weight excluding hydrogens is 234 g/mol. The number of carboxylic acid groups (broad SMARTS) is 1. The molecule has 1 aliphatic heterocycles. The fourth-order valence-electron chi connectivity index (χ4n) is 1.56. The monoisotopic (exact) mass is 255 g/mol. The van der Waals surface area contributed by atoms with Crippen molar-refractivity contribution < 1.29 is 19.4 Å². The second-order valence-electron chi connectivity index (χ2n) is 5.54. The molecule has 5 nitrogen and oxygen atoms in total. The summed E-state index contributed by atoms with van der Waals surface area (Å²) in [6.45, 7) is 8.69. The molecule has 1 atom stereocenters. The highest BCUT2D eigenvalue weighted by atomic mass is 16.5. The van der Waals surface area contributed by atoms with E-state index in [0.29, 0.717) is 13.2 Å². The molecule has 0 saturated carbocycles. The van der Waals surface area contributed by atoms with E-state index in [1.54, 1.807) is 0 Å². The molecule has 1 aliphatic rings. The van der Waals surface area contributed by atoms with Gasteiger partial charge in [-0.25, -0.2) is 4.79 Å². The number of amides is 1. The molecule has 0 aromatic heterocycles. The van der Waals surface area contributed by atoms with Crippen molar-refractivity contribution in [1.82, 2.24) is 4.90 Å². The van der Waals surface area contributed by atoms with E-state index in [1.165, 1.54) is 11.0 Å². The van der Waals surface area contributed by atoms with Crippen molar-refractivity contribution in [3.63, 3.8) is 0 Å².